The Morgan fingerprint density at radius 3 is 2.55 bits per heavy atom. The summed E-state index contributed by atoms with van der Waals surface area (Å²) in [5, 5.41) is 4.82. The van der Waals surface area contributed by atoms with Crippen molar-refractivity contribution in [3.63, 3.8) is 0 Å². The first-order valence-corrected chi connectivity index (χ1v) is 12.3. The Labute approximate surface area is 195 Å². The molecule has 1 aliphatic rings. The molecule has 5 rings (SSSR count). The summed E-state index contributed by atoms with van der Waals surface area (Å²) in [6.07, 6.45) is 8.86. The van der Waals surface area contributed by atoms with Gasteiger partial charge >= 0.3 is 0 Å². The second-order valence-electron chi connectivity index (χ2n) is 8.13. The van der Waals surface area contributed by atoms with Crippen LogP contribution < -0.4 is 5.32 Å². The number of aryl methyl sites for hydroxylation is 4. The molecule has 0 atom stereocenters. The molecule has 2 heterocycles. The Kier molecular flexibility index (Phi) is 5.63. The Morgan fingerprint density at radius 2 is 1.74 bits per heavy atom. The fourth-order valence-corrected chi connectivity index (χ4v) is 5.57. The number of benzene rings is 2. The number of nitrogens with one attached hydrogen (secondary N) is 1. The van der Waals surface area contributed by atoms with E-state index in [2.05, 4.69) is 71.5 Å². The largest absolute Gasteiger partial charge is 0.340 e. The van der Waals surface area contributed by atoms with Gasteiger partial charge < -0.3 is 5.32 Å². The number of hydrogen-bond donors (Lipinski definition) is 1. The van der Waals surface area contributed by atoms with Crippen molar-refractivity contribution in [1.29, 1.82) is 0 Å². The number of aromatic nitrogens is 2. The van der Waals surface area contributed by atoms with Gasteiger partial charge in [-0.25, -0.2) is 9.97 Å². The Bertz CT molecular complexity index is 1290. The molecule has 2 aromatic heterocycles. The van der Waals surface area contributed by atoms with Crippen molar-refractivity contribution < 1.29 is 0 Å². The maximum Gasteiger partial charge on any atom is 0.155 e. The summed E-state index contributed by atoms with van der Waals surface area (Å²) < 4.78 is 1.08. The highest BCUT2D eigenvalue weighted by Gasteiger charge is 2.21. The van der Waals surface area contributed by atoms with E-state index in [0.717, 1.165) is 45.0 Å². The lowest BCUT2D eigenvalue weighted by Crippen LogP contribution is -2.02. The van der Waals surface area contributed by atoms with Gasteiger partial charge in [0, 0.05) is 15.0 Å². The van der Waals surface area contributed by atoms with E-state index in [-0.39, 0.29) is 0 Å². The first kappa shape index (κ1) is 20.4. The molecule has 2 aromatic carbocycles. The minimum Gasteiger partial charge on any atom is -0.340 e. The van der Waals surface area contributed by atoms with Gasteiger partial charge in [-0.3, -0.25) is 0 Å². The molecule has 0 bridgehead atoms. The van der Waals surface area contributed by atoms with Gasteiger partial charge in [0.05, 0.1) is 5.39 Å². The van der Waals surface area contributed by atoms with Gasteiger partial charge in [-0.1, -0.05) is 40.2 Å². The molecule has 0 aliphatic heterocycles. The van der Waals surface area contributed by atoms with Crippen LogP contribution in [0.1, 0.15) is 45.8 Å². The fourth-order valence-electron chi connectivity index (χ4n) is 4.04. The summed E-state index contributed by atoms with van der Waals surface area (Å²) in [5.74, 6) is 1.66. The number of fused-ring (bicyclic) bond motifs is 3. The molecule has 0 saturated heterocycles. The molecule has 0 saturated carbocycles. The van der Waals surface area contributed by atoms with E-state index in [1.807, 2.05) is 29.5 Å². The van der Waals surface area contributed by atoms with Crippen LogP contribution in [-0.4, -0.2) is 9.97 Å². The van der Waals surface area contributed by atoms with E-state index in [1.54, 1.807) is 0 Å². The third-order valence-electron chi connectivity index (χ3n) is 5.90. The van der Waals surface area contributed by atoms with E-state index in [0.29, 0.717) is 0 Å². The summed E-state index contributed by atoms with van der Waals surface area (Å²) >= 11 is 5.33. The highest BCUT2D eigenvalue weighted by Crippen LogP contribution is 2.39. The highest BCUT2D eigenvalue weighted by molar-refractivity contribution is 9.10. The molecule has 0 fully saturated rings. The predicted molar refractivity (Wildman–Crippen MR) is 136 cm³/mol. The van der Waals surface area contributed by atoms with Crippen molar-refractivity contribution in [2.45, 2.75) is 39.5 Å². The van der Waals surface area contributed by atoms with Crippen molar-refractivity contribution in [2.75, 3.05) is 5.32 Å². The molecule has 31 heavy (non-hydrogen) atoms. The molecule has 0 radical (unpaired) electrons. The number of anilines is 2. The third-order valence-corrected chi connectivity index (χ3v) is 7.61. The molecule has 0 unspecified atom stereocenters. The third kappa shape index (κ3) is 4.30. The Balaban J connectivity index is 1.59. The number of hydrogen-bond acceptors (Lipinski definition) is 4. The van der Waals surface area contributed by atoms with Crippen molar-refractivity contribution in [3.8, 4) is 0 Å². The van der Waals surface area contributed by atoms with Crippen LogP contribution in [-0.2, 0) is 12.8 Å². The predicted octanol–water partition coefficient (Wildman–Crippen LogP) is 7.86. The number of nitrogens with zero attached hydrogens (tertiary/aromatic N) is 2. The van der Waals surface area contributed by atoms with Gasteiger partial charge in [0.15, 0.2) is 5.82 Å². The number of thiophene rings is 1. The first-order chi connectivity index (χ1) is 15.1. The van der Waals surface area contributed by atoms with E-state index >= 15 is 0 Å². The molecular formula is C26H24BrN3S. The Hall–Kier alpha value is -2.50. The van der Waals surface area contributed by atoms with Crippen LogP contribution in [0.25, 0.3) is 22.4 Å². The van der Waals surface area contributed by atoms with Crippen LogP contribution in [0.2, 0.25) is 0 Å². The second-order valence-corrected chi connectivity index (χ2v) is 10.1. The van der Waals surface area contributed by atoms with Crippen LogP contribution in [0, 0.1) is 13.8 Å². The van der Waals surface area contributed by atoms with Crippen molar-refractivity contribution in [2.24, 2.45) is 0 Å². The lowest BCUT2D eigenvalue weighted by molar-refractivity contribution is 0.700. The van der Waals surface area contributed by atoms with Crippen molar-refractivity contribution >= 4 is 61.1 Å². The van der Waals surface area contributed by atoms with Gasteiger partial charge in [-0.2, -0.15) is 0 Å². The quantitative estimate of drug-likeness (QED) is 0.316. The molecule has 0 spiro atoms. The van der Waals surface area contributed by atoms with Gasteiger partial charge in [-0.05, 0) is 92.1 Å². The summed E-state index contributed by atoms with van der Waals surface area (Å²) in [6.45, 7) is 4.29. The standard InChI is InChI=1S/C26H24BrN3S/c1-16-7-13-20(15-17(16)2)28-25-24-21-5-3-4-6-22(21)31-26(24)30-23(29-25)14-10-18-8-11-19(27)12-9-18/h7-15H,3-6H2,1-2H3,(H,28,29,30). The minimum absolute atomic E-state index is 0.736. The summed E-state index contributed by atoms with van der Waals surface area (Å²) in [7, 11) is 0. The smallest absolute Gasteiger partial charge is 0.155 e. The average molecular weight is 490 g/mol. The minimum atomic E-state index is 0.736. The van der Waals surface area contributed by atoms with Crippen molar-refractivity contribution in [3.05, 3.63) is 79.9 Å². The highest BCUT2D eigenvalue weighted by atomic mass is 79.9. The molecule has 4 aromatic rings. The van der Waals surface area contributed by atoms with E-state index in [9.17, 15) is 0 Å². The Morgan fingerprint density at radius 1 is 0.935 bits per heavy atom. The van der Waals surface area contributed by atoms with Gasteiger partial charge in [-0.15, -0.1) is 11.3 Å². The monoisotopic (exact) mass is 489 g/mol. The summed E-state index contributed by atoms with van der Waals surface area (Å²) in [5.41, 5.74) is 6.21. The van der Waals surface area contributed by atoms with Crippen LogP contribution >= 0.6 is 27.3 Å². The summed E-state index contributed by atoms with van der Waals surface area (Å²) in [6, 6.07) is 14.7. The molecule has 156 valence electrons. The first-order valence-electron chi connectivity index (χ1n) is 10.7. The zero-order chi connectivity index (χ0) is 21.4. The van der Waals surface area contributed by atoms with E-state index in [4.69, 9.17) is 9.97 Å². The van der Waals surface area contributed by atoms with Gasteiger partial charge in [0.25, 0.3) is 0 Å². The topological polar surface area (TPSA) is 37.8 Å². The zero-order valence-corrected chi connectivity index (χ0v) is 20.1. The van der Waals surface area contributed by atoms with Crippen molar-refractivity contribution in [1.82, 2.24) is 9.97 Å². The molecule has 1 aliphatic carbocycles. The van der Waals surface area contributed by atoms with E-state index in [1.165, 1.54) is 39.8 Å². The molecule has 0 amide bonds. The number of rotatable bonds is 4. The SMILES string of the molecule is Cc1ccc(Nc2nc(C=Cc3ccc(Br)cc3)nc3sc4c(c23)CCCC4)cc1C. The summed E-state index contributed by atoms with van der Waals surface area (Å²) in [4.78, 5) is 12.4. The lowest BCUT2D eigenvalue weighted by Gasteiger charge is -2.13. The van der Waals surface area contributed by atoms with E-state index < -0.39 is 0 Å². The molecule has 1 N–H and O–H groups in total. The number of halogens is 1. The maximum absolute atomic E-state index is 4.95. The fraction of sp³-hybridized carbons (Fsp3) is 0.231. The van der Waals surface area contributed by atoms with Crippen LogP contribution in [0.5, 0.6) is 0 Å². The molecule has 5 heteroatoms. The van der Waals surface area contributed by atoms with Gasteiger partial charge in [0.1, 0.15) is 10.6 Å². The second kappa shape index (κ2) is 8.56. The zero-order valence-electron chi connectivity index (χ0n) is 17.7. The normalized spacial score (nSPS) is 13.6. The maximum atomic E-state index is 4.95. The van der Waals surface area contributed by atoms with Crippen LogP contribution in [0.3, 0.4) is 0 Å². The van der Waals surface area contributed by atoms with Crippen LogP contribution in [0.15, 0.2) is 46.9 Å². The van der Waals surface area contributed by atoms with Crippen LogP contribution in [0.4, 0.5) is 11.5 Å². The average Bonchev–Trinajstić information content (AvgIpc) is 3.14. The lowest BCUT2D eigenvalue weighted by atomic mass is 9.97. The molecule has 3 nitrogen and oxygen atoms in total. The van der Waals surface area contributed by atoms with Gasteiger partial charge in [0.2, 0.25) is 0 Å². The molecular weight excluding hydrogens is 466 g/mol.